The Morgan fingerprint density at radius 2 is 1.89 bits per heavy atom. The second-order valence-electron chi connectivity index (χ2n) is 6.28. The number of amides is 1. The second-order valence-corrected chi connectivity index (χ2v) is 7.34. The summed E-state index contributed by atoms with van der Waals surface area (Å²) >= 11 is 1.59. The molecule has 0 aromatic heterocycles. The molecule has 27 heavy (non-hydrogen) atoms. The summed E-state index contributed by atoms with van der Waals surface area (Å²) < 4.78 is 10.8. The van der Waals surface area contributed by atoms with E-state index in [0.29, 0.717) is 12.1 Å². The molecule has 1 fully saturated rings. The molecule has 6 heteroatoms. The average Bonchev–Trinajstić information content (AvgIpc) is 3.23. The van der Waals surface area contributed by atoms with Gasteiger partial charge in [-0.2, -0.15) is 0 Å². The highest BCUT2D eigenvalue weighted by molar-refractivity contribution is 7.99. The summed E-state index contributed by atoms with van der Waals surface area (Å²) in [6.45, 7) is 0.925. The first-order chi connectivity index (χ1) is 13.2. The molecule has 3 rings (SSSR count). The molecular formula is C21H23NO4S. The van der Waals surface area contributed by atoms with Crippen LogP contribution in [-0.2, 0) is 20.8 Å². The molecule has 2 aromatic rings. The number of carbonyl (C=O) groups excluding carboxylic acids is 2. The van der Waals surface area contributed by atoms with E-state index in [4.69, 9.17) is 9.47 Å². The van der Waals surface area contributed by atoms with Crippen LogP contribution in [0.25, 0.3) is 0 Å². The zero-order valence-corrected chi connectivity index (χ0v) is 15.9. The summed E-state index contributed by atoms with van der Waals surface area (Å²) in [7, 11) is 0. The Kier molecular flexibility index (Phi) is 7.30. The molecule has 2 aromatic carbocycles. The third-order valence-corrected chi connectivity index (χ3v) is 5.43. The lowest BCUT2D eigenvalue weighted by Gasteiger charge is -2.12. The van der Waals surface area contributed by atoms with Gasteiger partial charge < -0.3 is 14.8 Å². The number of carbonyl (C=O) groups is 2. The minimum atomic E-state index is -0.486. The Hall–Kier alpha value is -2.31. The van der Waals surface area contributed by atoms with Crippen molar-refractivity contribution in [3.63, 3.8) is 0 Å². The summed E-state index contributed by atoms with van der Waals surface area (Å²) in [5, 5.41) is 2.74. The predicted molar refractivity (Wildman–Crippen MR) is 105 cm³/mol. The van der Waals surface area contributed by atoms with Crippen molar-refractivity contribution in [1.29, 1.82) is 0 Å². The fraction of sp³-hybridized carbons (Fsp3) is 0.333. The Morgan fingerprint density at radius 1 is 1.11 bits per heavy atom. The predicted octanol–water partition coefficient (Wildman–Crippen LogP) is 3.43. The third-order valence-electron chi connectivity index (χ3n) is 4.22. The Bertz CT molecular complexity index is 760. The van der Waals surface area contributed by atoms with E-state index in [0.717, 1.165) is 35.7 Å². The number of benzene rings is 2. The topological polar surface area (TPSA) is 64.6 Å². The number of hydrogen-bond donors (Lipinski definition) is 1. The number of hydrogen-bond acceptors (Lipinski definition) is 5. The Labute approximate surface area is 163 Å². The molecule has 0 unspecified atom stereocenters. The maximum atomic E-state index is 12.4. The van der Waals surface area contributed by atoms with Crippen molar-refractivity contribution in [1.82, 2.24) is 5.32 Å². The second kappa shape index (κ2) is 10.1. The molecule has 1 aliphatic rings. The summed E-state index contributed by atoms with van der Waals surface area (Å²) in [6.07, 6.45) is 2.39. The lowest BCUT2D eigenvalue weighted by Crippen LogP contribution is -2.28. The maximum absolute atomic E-state index is 12.4. The average molecular weight is 385 g/mol. The van der Waals surface area contributed by atoms with Crippen molar-refractivity contribution in [2.24, 2.45) is 0 Å². The molecule has 142 valence electrons. The number of esters is 1. The quantitative estimate of drug-likeness (QED) is 0.557. The monoisotopic (exact) mass is 385 g/mol. The lowest BCUT2D eigenvalue weighted by molar-refractivity contribution is -0.124. The number of thioether (sulfide) groups is 1. The van der Waals surface area contributed by atoms with Crippen LogP contribution in [0.3, 0.4) is 0 Å². The van der Waals surface area contributed by atoms with Crippen molar-refractivity contribution in [3.05, 3.63) is 65.7 Å². The first-order valence-electron chi connectivity index (χ1n) is 9.03. The van der Waals surface area contributed by atoms with E-state index < -0.39 is 5.97 Å². The summed E-state index contributed by atoms with van der Waals surface area (Å²) in [4.78, 5) is 25.2. The number of rotatable bonds is 8. The molecule has 1 N–H and O–H groups in total. The van der Waals surface area contributed by atoms with Gasteiger partial charge in [0.15, 0.2) is 6.61 Å². The lowest BCUT2D eigenvalue weighted by atomic mass is 10.2. The van der Waals surface area contributed by atoms with Gasteiger partial charge in [0.05, 0.1) is 11.7 Å². The maximum Gasteiger partial charge on any atom is 0.339 e. The first-order valence-corrected chi connectivity index (χ1v) is 10.0. The fourth-order valence-electron chi connectivity index (χ4n) is 2.78. The van der Waals surface area contributed by atoms with Crippen LogP contribution >= 0.6 is 11.8 Å². The SMILES string of the molecule is O=C(COC(=O)c1ccccc1SC[C@@H]1CCCO1)NCc1ccccc1. The molecular weight excluding hydrogens is 362 g/mol. The van der Waals surface area contributed by atoms with Crippen LogP contribution in [0, 0.1) is 0 Å². The smallest absolute Gasteiger partial charge is 0.339 e. The molecule has 1 aliphatic heterocycles. The highest BCUT2D eigenvalue weighted by Crippen LogP contribution is 2.27. The molecule has 1 heterocycles. The van der Waals surface area contributed by atoms with Gasteiger partial charge in [-0.1, -0.05) is 42.5 Å². The van der Waals surface area contributed by atoms with Crippen molar-refractivity contribution >= 4 is 23.6 Å². The van der Waals surface area contributed by atoms with E-state index in [1.807, 2.05) is 42.5 Å². The van der Waals surface area contributed by atoms with Crippen LogP contribution in [0.5, 0.6) is 0 Å². The minimum absolute atomic E-state index is 0.239. The van der Waals surface area contributed by atoms with E-state index in [1.165, 1.54) is 0 Å². The molecule has 1 saturated heterocycles. The largest absolute Gasteiger partial charge is 0.452 e. The van der Waals surface area contributed by atoms with Gasteiger partial charge in [-0.15, -0.1) is 11.8 Å². The van der Waals surface area contributed by atoms with Gasteiger partial charge in [-0.3, -0.25) is 4.79 Å². The third kappa shape index (κ3) is 6.12. The zero-order valence-electron chi connectivity index (χ0n) is 15.1. The van der Waals surface area contributed by atoms with Gasteiger partial charge in [0, 0.05) is 23.8 Å². The highest BCUT2D eigenvalue weighted by Gasteiger charge is 2.19. The number of nitrogens with one attached hydrogen (secondary N) is 1. The van der Waals surface area contributed by atoms with Gasteiger partial charge in [0.1, 0.15) is 0 Å². The van der Waals surface area contributed by atoms with Crippen molar-refractivity contribution in [3.8, 4) is 0 Å². The molecule has 1 amide bonds. The van der Waals surface area contributed by atoms with Crippen molar-refractivity contribution in [2.75, 3.05) is 19.0 Å². The molecule has 5 nitrogen and oxygen atoms in total. The summed E-state index contributed by atoms with van der Waals surface area (Å²) in [5.74, 6) is -0.000943. The normalized spacial score (nSPS) is 16.1. The van der Waals surface area contributed by atoms with Crippen LogP contribution < -0.4 is 5.32 Å². The summed E-state index contributed by atoms with van der Waals surface area (Å²) in [6, 6.07) is 16.9. The van der Waals surface area contributed by atoms with Crippen LogP contribution in [0.15, 0.2) is 59.5 Å². The van der Waals surface area contributed by atoms with Gasteiger partial charge in [-0.25, -0.2) is 4.79 Å². The van der Waals surface area contributed by atoms with Crippen LogP contribution in [0.4, 0.5) is 0 Å². The van der Waals surface area contributed by atoms with E-state index in [1.54, 1.807) is 23.9 Å². The van der Waals surface area contributed by atoms with Gasteiger partial charge in [0.2, 0.25) is 0 Å². The van der Waals surface area contributed by atoms with Crippen LogP contribution in [0.1, 0.15) is 28.8 Å². The molecule has 0 saturated carbocycles. The van der Waals surface area contributed by atoms with Gasteiger partial charge in [0.25, 0.3) is 5.91 Å². The molecule has 0 spiro atoms. The van der Waals surface area contributed by atoms with Gasteiger partial charge in [-0.05, 0) is 30.5 Å². The fourth-order valence-corrected chi connectivity index (χ4v) is 3.89. The highest BCUT2D eigenvalue weighted by atomic mass is 32.2. The standard InChI is InChI=1S/C21H23NO4S/c23-20(22-13-16-7-2-1-3-8-16)14-26-21(24)18-10-4-5-11-19(18)27-15-17-9-6-12-25-17/h1-5,7-8,10-11,17H,6,9,12-15H2,(H,22,23)/t17-/m0/s1. The Balaban J connectivity index is 1.47. The Morgan fingerprint density at radius 3 is 2.67 bits per heavy atom. The van der Waals surface area contributed by atoms with Crippen molar-refractivity contribution < 1.29 is 19.1 Å². The van der Waals surface area contributed by atoms with E-state index in [9.17, 15) is 9.59 Å². The summed E-state index contributed by atoms with van der Waals surface area (Å²) in [5.41, 5.74) is 1.48. The molecule has 0 aliphatic carbocycles. The van der Waals surface area contributed by atoms with Crippen LogP contribution in [0.2, 0.25) is 0 Å². The molecule has 0 radical (unpaired) electrons. The zero-order chi connectivity index (χ0) is 18.9. The molecule has 1 atom stereocenters. The number of ether oxygens (including phenoxy) is 2. The minimum Gasteiger partial charge on any atom is -0.452 e. The van der Waals surface area contributed by atoms with Gasteiger partial charge >= 0.3 is 5.97 Å². The van der Waals surface area contributed by atoms with E-state index >= 15 is 0 Å². The van der Waals surface area contributed by atoms with E-state index in [2.05, 4.69) is 5.32 Å². The molecule has 0 bridgehead atoms. The first kappa shape index (κ1) is 19.5. The van der Waals surface area contributed by atoms with E-state index in [-0.39, 0.29) is 18.6 Å². The van der Waals surface area contributed by atoms with Crippen molar-refractivity contribution in [2.45, 2.75) is 30.4 Å². The van der Waals surface area contributed by atoms with Crippen LogP contribution in [-0.4, -0.2) is 36.9 Å².